The van der Waals surface area contributed by atoms with Crippen molar-refractivity contribution in [3.8, 4) is 0 Å². The highest BCUT2D eigenvalue weighted by atomic mass is 19.1. The van der Waals surface area contributed by atoms with Crippen molar-refractivity contribution in [1.29, 1.82) is 0 Å². The summed E-state index contributed by atoms with van der Waals surface area (Å²) < 4.78 is 18.5. The molecular formula is C13H19FN2O. The van der Waals surface area contributed by atoms with Crippen LogP contribution in [0.25, 0.3) is 0 Å². The van der Waals surface area contributed by atoms with Gasteiger partial charge in [-0.3, -0.25) is 4.98 Å². The molecule has 2 unspecified atom stereocenters. The summed E-state index contributed by atoms with van der Waals surface area (Å²) in [5.41, 5.74) is 0.886. The first-order valence-corrected chi connectivity index (χ1v) is 6.21. The van der Waals surface area contributed by atoms with Crippen LogP contribution in [0.15, 0.2) is 18.5 Å². The quantitative estimate of drug-likeness (QED) is 0.853. The van der Waals surface area contributed by atoms with Crippen molar-refractivity contribution in [2.24, 2.45) is 5.92 Å². The molecule has 4 heteroatoms. The Morgan fingerprint density at radius 2 is 2.41 bits per heavy atom. The second kappa shape index (κ2) is 6.07. The first-order chi connectivity index (χ1) is 8.29. The molecule has 3 nitrogen and oxygen atoms in total. The van der Waals surface area contributed by atoms with Crippen LogP contribution in [0.5, 0.6) is 0 Å². The van der Waals surface area contributed by atoms with E-state index in [1.54, 1.807) is 6.20 Å². The molecule has 0 spiro atoms. The molecule has 1 fully saturated rings. The van der Waals surface area contributed by atoms with Crippen LogP contribution in [-0.2, 0) is 11.3 Å². The Labute approximate surface area is 101 Å². The summed E-state index contributed by atoms with van der Waals surface area (Å²) in [6.07, 6.45) is 5.48. The van der Waals surface area contributed by atoms with Gasteiger partial charge in [0.25, 0.3) is 0 Å². The van der Waals surface area contributed by atoms with Crippen molar-refractivity contribution in [2.75, 3.05) is 13.2 Å². The molecule has 0 radical (unpaired) electrons. The van der Waals surface area contributed by atoms with Crippen LogP contribution in [0.3, 0.4) is 0 Å². The summed E-state index contributed by atoms with van der Waals surface area (Å²) in [5.74, 6) is 0.307. The molecule has 1 aliphatic heterocycles. The van der Waals surface area contributed by atoms with Gasteiger partial charge >= 0.3 is 0 Å². The van der Waals surface area contributed by atoms with Crippen molar-refractivity contribution >= 4 is 0 Å². The number of ether oxygens (including phenoxy) is 1. The summed E-state index contributed by atoms with van der Waals surface area (Å²) in [6, 6.07) is 1.52. The Morgan fingerprint density at radius 3 is 3.18 bits per heavy atom. The first kappa shape index (κ1) is 12.5. The van der Waals surface area contributed by atoms with E-state index in [9.17, 15) is 4.39 Å². The fourth-order valence-corrected chi connectivity index (χ4v) is 2.33. The fraction of sp³-hybridized carbons (Fsp3) is 0.615. The molecule has 1 saturated heterocycles. The minimum atomic E-state index is -0.278. The van der Waals surface area contributed by atoms with Crippen molar-refractivity contribution in [3.05, 3.63) is 29.8 Å². The lowest BCUT2D eigenvalue weighted by molar-refractivity contribution is 0.0872. The zero-order valence-corrected chi connectivity index (χ0v) is 10.2. The van der Waals surface area contributed by atoms with Gasteiger partial charge in [0.15, 0.2) is 0 Å². The second-order valence-corrected chi connectivity index (χ2v) is 4.51. The van der Waals surface area contributed by atoms with Gasteiger partial charge in [0.2, 0.25) is 0 Å². The molecule has 2 rings (SSSR count). The topological polar surface area (TPSA) is 34.1 Å². The maximum absolute atomic E-state index is 12.9. The summed E-state index contributed by atoms with van der Waals surface area (Å²) in [7, 11) is 0. The average molecular weight is 238 g/mol. The molecule has 17 heavy (non-hydrogen) atoms. The Hall–Kier alpha value is -1.00. The van der Waals surface area contributed by atoms with Gasteiger partial charge in [-0.25, -0.2) is 4.39 Å². The molecule has 0 saturated carbocycles. The summed E-state index contributed by atoms with van der Waals surface area (Å²) in [6.45, 7) is 4.61. The number of hydrogen-bond donors (Lipinski definition) is 1. The molecule has 1 aromatic heterocycles. The monoisotopic (exact) mass is 238 g/mol. The van der Waals surface area contributed by atoms with Gasteiger partial charge in [0, 0.05) is 25.9 Å². The van der Waals surface area contributed by atoms with E-state index in [1.165, 1.54) is 12.3 Å². The normalized spacial score (nSPS) is 24.1. The standard InChI is InChI=1S/C13H19FN2O/c1-2-13-11(3-4-17-13)8-15-6-10-5-12(14)9-16-7-10/h5,7,9,11,13,15H,2-4,6,8H2,1H3. The maximum Gasteiger partial charge on any atom is 0.141 e. The third kappa shape index (κ3) is 3.48. The Bertz CT molecular complexity index is 359. The molecule has 1 N–H and O–H groups in total. The maximum atomic E-state index is 12.9. The minimum Gasteiger partial charge on any atom is -0.378 e. The highest BCUT2D eigenvalue weighted by Gasteiger charge is 2.25. The fourth-order valence-electron chi connectivity index (χ4n) is 2.33. The van der Waals surface area contributed by atoms with Crippen LogP contribution in [0.2, 0.25) is 0 Å². The summed E-state index contributed by atoms with van der Waals surface area (Å²) >= 11 is 0. The lowest BCUT2D eigenvalue weighted by atomic mass is 10.00. The largest absolute Gasteiger partial charge is 0.378 e. The number of halogens is 1. The molecule has 94 valence electrons. The van der Waals surface area contributed by atoms with Crippen LogP contribution in [0.4, 0.5) is 4.39 Å². The van der Waals surface area contributed by atoms with E-state index in [4.69, 9.17) is 4.74 Å². The molecule has 0 amide bonds. The number of nitrogens with one attached hydrogen (secondary N) is 1. The molecule has 1 aromatic rings. The smallest absolute Gasteiger partial charge is 0.141 e. The zero-order valence-electron chi connectivity index (χ0n) is 10.2. The van der Waals surface area contributed by atoms with Crippen molar-refractivity contribution in [2.45, 2.75) is 32.4 Å². The van der Waals surface area contributed by atoms with Gasteiger partial charge in [-0.05, 0) is 30.4 Å². The first-order valence-electron chi connectivity index (χ1n) is 6.21. The molecule has 2 atom stereocenters. The number of nitrogens with zero attached hydrogens (tertiary/aromatic N) is 1. The number of rotatable bonds is 5. The molecular weight excluding hydrogens is 219 g/mol. The van der Waals surface area contributed by atoms with E-state index in [0.29, 0.717) is 18.6 Å². The Morgan fingerprint density at radius 1 is 1.53 bits per heavy atom. The van der Waals surface area contributed by atoms with Crippen molar-refractivity contribution in [3.63, 3.8) is 0 Å². The van der Waals surface area contributed by atoms with Crippen LogP contribution in [0.1, 0.15) is 25.3 Å². The van der Waals surface area contributed by atoms with Crippen LogP contribution < -0.4 is 5.32 Å². The molecule has 2 heterocycles. The third-order valence-electron chi connectivity index (χ3n) is 3.25. The lowest BCUT2D eigenvalue weighted by Crippen LogP contribution is -2.28. The molecule has 0 aliphatic carbocycles. The SMILES string of the molecule is CCC1OCCC1CNCc1cncc(F)c1. The van der Waals surface area contributed by atoms with Gasteiger partial charge in [-0.1, -0.05) is 6.92 Å². The van der Waals surface area contributed by atoms with Crippen molar-refractivity contribution in [1.82, 2.24) is 10.3 Å². The van der Waals surface area contributed by atoms with E-state index in [1.807, 2.05) is 0 Å². The van der Waals surface area contributed by atoms with Gasteiger partial charge in [0.05, 0.1) is 12.3 Å². The highest BCUT2D eigenvalue weighted by molar-refractivity contribution is 5.09. The van der Waals surface area contributed by atoms with Gasteiger partial charge in [-0.2, -0.15) is 0 Å². The zero-order chi connectivity index (χ0) is 12.1. The predicted octanol–water partition coefficient (Wildman–Crippen LogP) is 2.13. The highest BCUT2D eigenvalue weighted by Crippen LogP contribution is 2.22. The Kier molecular flexibility index (Phi) is 4.45. The Balaban J connectivity index is 1.76. The number of hydrogen-bond acceptors (Lipinski definition) is 3. The van der Waals surface area contributed by atoms with E-state index in [0.717, 1.165) is 31.6 Å². The predicted molar refractivity (Wildman–Crippen MR) is 64.0 cm³/mol. The summed E-state index contributed by atoms with van der Waals surface area (Å²) in [5, 5.41) is 3.35. The lowest BCUT2D eigenvalue weighted by Gasteiger charge is -2.17. The van der Waals surface area contributed by atoms with Crippen LogP contribution in [0, 0.1) is 11.7 Å². The molecule has 1 aliphatic rings. The second-order valence-electron chi connectivity index (χ2n) is 4.51. The summed E-state index contributed by atoms with van der Waals surface area (Å²) in [4.78, 5) is 3.83. The molecule has 0 bridgehead atoms. The van der Waals surface area contributed by atoms with Gasteiger partial charge < -0.3 is 10.1 Å². The van der Waals surface area contributed by atoms with Crippen LogP contribution in [-0.4, -0.2) is 24.2 Å². The van der Waals surface area contributed by atoms with Gasteiger partial charge in [0.1, 0.15) is 5.82 Å². The average Bonchev–Trinajstić information content (AvgIpc) is 2.77. The van der Waals surface area contributed by atoms with Gasteiger partial charge in [-0.15, -0.1) is 0 Å². The van der Waals surface area contributed by atoms with E-state index in [2.05, 4.69) is 17.2 Å². The molecule has 0 aromatic carbocycles. The van der Waals surface area contributed by atoms with E-state index < -0.39 is 0 Å². The van der Waals surface area contributed by atoms with Crippen LogP contribution >= 0.6 is 0 Å². The van der Waals surface area contributed by atoms with E-state index in [-0.39, 0.29) is 5.82 Å². The van der Waals surface area contributed by atoms with Crippen molar-refractivity contribution < 1.29 is 9.13 Å². The third-order valence-corrected chi connectivity index (χ3v) is 3.25. The number of aromatic nitrogens is 1. The minimum absolute atomic E-state index is 0.278. The van der Waals surface area contributed by atoms with E-state index >= 15 is 0 Å². The number of pyridine rings is 1.